The van der Waals surface area contributed by atoms with E-state index < -0.39 is 0 Å². The molecule has 0 aliphatic heterocycles. The van der Waals surface area contributed by atoms with E-state index in [9.17, 15) is 0 Å². The maximum absolute atomic E-state index is 6.22. The molecule has 3 nitrogen and oxygen atoms in total. The normalized spacial score (nSPS) is 10.9. The molecule has 0 spiro atoms. The minimum atomic E-state index is 0.376. The number of benzene rings is 3. The molecule has 0 saturated carbocycles. The monoisotopic (exact) mass is 422 g/mol. The number of ether oxygens (including phenoxy) is 1. The molecule has 0 aliphatic carbocycles. The third-order valence-corrected chi connectivity index (χ3v) is 5.19. The molecule has 0 bridgehead atoms. The van der Waals surface area contributed by atoms with Gasteiger partial charge in [-0.15, -0.1) is 0 Å². The van der Waals surface area contributed by atoms with Gasteiger partial charge in [-0.2, -0.15) is 5.10 Å². The van der Waals surface area contributed by atoms with Crippen LogP contribution in [0.4, 0.5) is 0 Å². The summed E-state index contributed by atoms with van der Waals surface area (Å²) in [4.78, 5) is 0. The van der Waals surface area contributed by atoms with E-state index in [1.54, 1.807) is 6.07 Å². The summed E-state index contributed by atoms with van der Waals surface area (Å²) in [5.41, 5.74) is 5.29. The van der Waals surface area contributed by atoms with Gasteiger partial charge in [-0.25, -0.2) is 0 Å². The van der Waals surface area contributed by atoms with Crippen LogP contribution < -0.4 is 4.74 Å². The molecule has 29 heavy (non-hydrogen) atoms. The van der Waals surface area contributed by atoms with Gasteiger partial charge >= 0.3 is 0 Å². The van der Waals surface area contributed by atoms with Crippen molar-refractivity contribution in [2.75, 3.05) is 0 Å². The standard InChI is InChI=1S/C24H20Cl2N2O/c1-17-4-2-5-18(12-17)15-28-11-10-24(27-28)19-6-3-7-22(13-19)29-16-20-8-9-21(25)14-23(20)26/h2-14H,15-16H2,1H3. The van der Waals surface area contributed by atoms with Crippen LogP contribution >= 0.6 is 23.2 Å². The molecule has 0 amide bonds. The summed E-state index contributed by atoms with van der Waals surface area (Å²) in [5, 5.41) is 5.93. The number of nitrogens with zero attached hydrogens (tertiary/aromatic N) is 2. The largest absolute Gasteiger partial charge is 0.489 e. The smallest absolute Gasteiger partial charge is 0.120 e. The molecule has 3 aromatic carbocycles. The van der Waals surface area contributed by atoms with E-state index in [1.165, 1.54) is 11.1 Å². The number of aromatic nitrogens is 2. The van der Waals surface area contributed by atoms with E-state index in [2.05, 4.69) is 31.2 Å². The zero-order valence-electron chi connectivity index (χ0n) is 16.0. The van der Waals surface area contributed by atoms with Crippen molar-refractivity contribution in [3.63, 3.8) is 0 Å². The number of aryl methyl sites for hydroxylation is 1. The fraction of sp³-hybridized carbons (Fsp3) is 0.125. The van der Waals surface area contributed by atoms with Crippen LogP contribution in [0.5, 0.6) is 5.75 Å². The lowest BCUT2D eigenvalue weighted by atomic mass is 10.1. The molecular formula is C24H20Cl2N2O. The van der Waals surface area contributed by atoms with E-state index in [0.717, 1.165) is 29.1 Å². The maximum atomic E-state index is 6.22. The van der Waals surface area contributed by atoms with Gasteiger partial charge in [-0.05, 0) is 42.8 Å². The van der Waals surface area contributed by atoms with Gasteiger partial charge in [0.15, 0.2) is 0 Å². The average molecular weight is 423 g/mol. The lowest BCUT2D eigenvalue weighted by molar-refractivity contribution is 0.306. The molecule has 0 radical (unpaired) electrons. The molecule has 5 heteroatoms. The van der Waals surface area contributed by atoms with Gasteiger partial charge in [0.2, 0.25) is 0 Å². The maximum Gasteiger partial charge on any atom is 0.120 e. The van der Waals surface area contributed by atoms with Crippen molar-refractivity contribution in [1.29, 1.82) is 0 Å². The molecular weight excluding hydrogens is 403 g/mol. The average Bonchev–Trinajstić information content (AvgIpc) is 3.16. The fourth-order valence-corrected chi connectivity index (χ4v) is 3.61. The molecule has 0 saturated heterocycles. The second kappa shape index (κ2) is 8.73. The lowest BCUT2D eigenvalue weighted by Gasteiger charge is -2.09. The molecule has 0 fully saturated rings. The first-order valence-electron chi connectivity index (χ1n) is 9.33. The van der Waals surface area contributed by atoms with Crippen LogP contribution in [0.25, 0.3) is 11.3 Å². The quantitative estimate of drug-likeness (QED) is 0.341. The number of rotatable bonds is 6. The van der Waals surface area contributed by atoms with Crippen molar-refractivity contribution in [1.82, 2.24) is 9.78 Å². The van der Waals surface area contributed by atoms with E-state index in [0.29, 0.717) is 16.7 Å². The number of hydrogen-bond acceptors (Lipinski definition) is 2. The minimum absolute atomic E-state index is 0.376. The van der Waals surface area contributed by atoms with E-state index in [-0.39, 0.29) is 0 Å². The first kappa shape index (κ1) is 19.6. The predicted molar refractivity (Wildman–Crippen MR) is 119 cm³/mol. The summed E-state index contributed by atoms with van der Waals surface area (Å²) >= 11 is 12.2. The first-order chi connectivity index (χ1) is 14.1. The highest BCUT2D eigenvalue weighted by Gasteiger charge is 2.07. The summed E-state index contributed by atoms with van der Waals surface area (Å²) < 4.78 is 7.88. The van der Waals surface area contributed by atoms with Crippen molar-refractivity contribution in [3.8, 4) is 17.0 Å². The van der Waals surface area contributed by atoms with Crippen molar-refractivity contribution in [3.05, 3.63) is 106 Å². The Balaban J connectivity index is 1.46. The van der Waals surface area contributed by atoms with Crippen molar-refractivity contribution < 1.29 is 4.74 Å². The zero-order valence-corrected chi connectivity index (χ0v) is 17.5. The van der Waals surface area contributed by atoms with Crippen molar-refractivity contribution in [2.24, 2.45) is 0 Å². The highest BCUT2D eigenvalue weighted by molar-refractivity contribution is 6.35. The summed E-state index contributed by atoms with van der Waals surface area (Å²) in [5.74, 6) is 0.766. The Morgan fingerprint density at radius 1 is 0.931 bits per heavy atom. The minimum Gasteiger partial charge on any atom is -0.489 e. The first-order valence-corrected chi connectivity index (χ1v) is 10.1. The van der Waals surface area contributed by atoms with Crippen LogP contribution in [-0.2, 0) is 13.2 Å². The van der Waals surface area contributed by atoms with Gasteiger partial charge < -0.3 is 4.74 Å². The van der Waals surface area contributed by atoms with Gasteiger partial charge in [-0.3, -0.25) is 4.68 Å². The second-order valence-electron chi connectivity index (χ2n) is 6.94. The van der Waals surface area contributed by atoms with E-state index in [4.69, 9.17) is 33.0 Å². The Labute approximate surface area is 180 Å². The number of halogens is 2. The topological polar surface area (TPSA) is 27.1 Å². The summed E-state index contributed by atoms with van der Waals surface area (Å²) in [6, 6.07) is 23.8. The summed E-state index contributed by atoms with van der Waals surface area (Å²) in [7, 11) is 0. The Bertz CT molecular complexity index is 1140. The highest BCUT2D eigenvalue weighted by atomic mass is 35.5. The Morgan fingerprint density at radius 3 is 2.62 bits per heavy atom. The third kappa shape index (κ3) is 5.00. The molecule has 0 aliphatic rings. The molecule has 4 rings (SSSR count). The zero-order chi connectivity index (χ0) is 20.2. The molecule has 0 atom stereocenters. The van der Waals surface area contributed by atoms with Crippen molar-refractivity contribution >= 4 is 23.2 Å². The summed E-state index contributed by atoms with van der Waals surface area (Å²) in [6.07, 6.45) is 2.00. The lowest BCUT2D eigenvalue weighted by Crippen LogP contribution is -2.00. The molecule has 4 aromatic rings. The number of hydrogen-bond donors (Lipinski definition) is 0. The highest BCUT2D eigenvalue weighted by Crippen LogP contribution is 2.25. The van der Waals surface area contributed by atoms with Gasteiger partial charge in [0.1, 0.15) is 12.4 Å². The van der Waals surface area contributed by atoms with Crippen LogP contribution in [0.15, 0.2) is 79.0 Å². The van der Waals surface area contributed by atoms with Gasteiger partial charge in [-0.1, -0.05) is 71.2 Å². The third-order valence-electron chi connectivity index (χ3n) is 4.61. The van der Waals surface area contributed by atoms with Crippen LogP contribution in [0.3, 0.4) is 0 Å². The fourth-order valence-electron chi connectivity index (χ4n) is 3.15. The predicted octanol–water partition coefficient (Wildman–Crippen LogP) is 6.79. The van der Waals surface area contributed by atoms with Crippen LogP contribution in [0.1, 0.15) is 16.7 Å². The van der Waals surface area contributed by atoms with Crippen LogP contribution in [0, 0.1) is 6.92 Å². The molecule has 0 unspecified atom stereocenters. The summed E-state index contributed by atoms with van der Waals surface area (Å²) in [6.45, 7) is 3.22. The molecule has 1 heterocycles. The van der Waals surface area contributed by atoms with Crippen LogP contribution in [0.2, 0.25) is 10.0 Å². The van der Waals surface area contributed by atoms with E-state index >= 15 is 0 Å². The van der Waals surface area contributed by atoms with Gasteiger partial charge in [0.05, 0.1) is 12.2 Å². The second-order valence-corrected chi connectivity index (χ2v) is 7.78. The SMILES string of the molecule is Cc1cccc(Cn2ccc(-c3cccc(OCc4ccc(Cl)cc4Cl)c3)n2)c1. The molecule has 1 aromatic heterocycles. The van der Waals surface area contributed by atoms with Crippen molar-refractivity contribution in [2.45, 2.75) is 20.1 Å². The molecule has 0 N–H and O–H groups in total. The Kier molecular flexibility index (Phi) is 5.89. The Morgan fingerprint density at radius 2 is 1.79 bits per heavy atom. The van der Waals surface area contributed by atoms with Gasteiger partial charge in [0.25, 0.3) is 0 Å². The van der Waals surface area contributed by atoms with E-state index in [1.807, 2.05) is 53.3 Å². The van der Waals surface area contributed by atoms with Crippen LogP contribution in [-0.4, -0.2) is 9.78 Å². The Hall–Kier alpha value is -2.75. The van der Waals surface area contributed by atoms with Gasteiger partial charge in [0, 0.05) is 27.4 Å². The molecule has 146 valence electrons.